The fourth-order valence-corrected chi connectivity index (χ4v) is 6.31. The zero-order chi connectivity index (χ0) is 32.8. The summed E-state index contributed by atoms with van der Waals surface area (Å²) < 4.78 is 60.1. The van der Waals surface area contributed by atoms with E-state index < -0.39 is 57.1 Å². The summed E-state index contributed by atoms with van der Waals surface area (Å²) in [6, 6.07) is 15.4. The number of sulfonamides is 1. The summed E-state index contributed by atoms with van der Waals surface area (Å²) >= 11 is 0. The number of aryl methyl sites for hydroxylation is 2. The highest BCUT2D eigenvalue weighted by Gasteiger charge is 2.28. The molecule has 0 radical (unpaired) electrons. The number of benzene rings is 3. The van der Waals surface area contributed by atoms with E-state index in [1.807, 2.05) is 35.1 Å². The smallest absolute Gasteiger partial charge is 0.323 e. The Morgan fingerprint density at radius 1 is 1.02 bits per heavy atom. The van der Waals surface area contributed by atoms with E-state index in [0.29, 0.717) is 19.5 Å². The number of aliphatic carboxylic acids is 1. The Kier molecular flexibility index (Phi) is 10.2. The molecule has 12 nitrogen and oxygen atoms in total. The van der Waals surface area contributed by atoms with Crippen LogP contribution in [-0.4, -0.2) is 61.9 Å². The van der Waals surface area contributed by atoms with Gasteiger partial charge in [-0.05, 0) is 30.2 Å². The first kappa shape index (κ1) is 32.8. The molecule has 1 aliphatic heterocycles. The number of carbonyl (C=O) groups is 2. The molecule has 1 fully saturated rings. The molecule has 0 bridgehead atoms. The molecule has 1 atom stereocenters. The fraction of sp³-hybridized carbons (Fsp3) is 0.258. The van der Waals surface area contributed by atoms with Crippen molar-refractivity contribution in [3.8, 4) is 0 Å². The van der Waals surface area contributed by atoms with Crippen LogP contribution in [0.15, 0.2) is 82.6 Å². The quantitative estimate of drug-likeness (QED) is 0.124. The largest absolute Gasteiger partial charge is 0.480 e. The van der Waals surface area contributed by atoms with Gasteiger partial charge in [-0.15, -0.1) is 0 Å². The van der Waals surface area contributed by atoms with Gasteiger partial charge >= 0.3 is 5.97 Å². The number of fused-ring (bicyclic) bond motifs is 1. The van der Waals surface area contributed by atoms with Crippen molar-refractivity contribution in [2.24, 2.45) is 0 Å². The van der Waals surface area contributed by atoms with Gasteiger partial charge in [0.05, 0.1) is 15.8 Å². The Balaban J connectivity index is 1.46. The molecule has 3 aromatic carbocycles. The second-order valence-electron chi connectivity index (χ2n) is 10.6. The van der Waals surface area contributed by atoms with Crippen LogP contribution in [0.5, 0.6) is 0 Å². The second kappa shape index (κ2) is 14.3. The highest BCUT2D eigenvalue weighted by molar-refractivity contribution is 7.89. The first-order valence-electron chi connectivity index (χ1n) is 14.4. The molecule has 0 spiro atoms. The van der Waals surface area contributed by atoms with E-state index in [0.717, 1.165) is 17.8 Å². The molecule has 1 unspecified atom stereocenters. The minimum Gasteiger partial charge on any atom is -0.480 e. The second-order valence-corrected chi connectivity index (χ2v) is 12.3. The van der Waals surface area contributed by atoms with E-state index in [1.54, 1.807) is 6.07 Å². The van der Waals surface area contributed by atoms with Crippen molar-refractivity contribution in [1.82, 2.24) is 30.6 Å². The van der Waals surface area contributed by atoms with Crippen molar-refractivity contribution >= 4 is 32.8 Å². The summed E-state index contributed by atoms with van der Waals surface area (Å²) in [5, 5.41) is 20.7. The topological polar surface area (TPSA) is 171 Å². The van der Waals surface area contributed by atoms with Crippen LogP contribution in [0.2, 0.25) is 0 Å². The average molecular weight is 655 g/mol. The number of nitrogens with zero attached hydrogens (tertiary/aromatic N) is 1. The van der Waals surface area contributed by atoms with Gasteiger partial charge in [0.2, 0.25) is 15.5 Å². The van der Waals surface area contributed by atoms with Crippen LogP contribution in [0.25, 0.3) is 10.9 Å². The fourth-order valence-electron chi connectivity index (χ4n) is 5.10. The van der Waals surface area contributed by atoms with Crippen molar-refractivity contribution in [2.45, 2.75) is 36.7 Å². The Bertz CT molecular complexity index is 1900. The molecule has 0 aliphatic carbocycles. The summed E-state index contributed by atoms with van der Waals surface area (Å²) in [4.78, 5) is 38.5. The molecular formula is C31H32F2N6O6S. The van der Waals surface area contributed by atoms with Crippen LogP contribution in [-0.2, 0) is 34.3 Å². The lowest BCUT2D eigenvalue weighted by Crippen LogP contribution is -2.48. The third kappa shape index (κ3) is 7.46. The van der Waals surface area contributed by atoms with Gasteiger partial charge in [0, 0.05) is 44.5 Å². The number of carbonyl (C=O) groups excluding carboxylic acids is 1. The van der Waals surface area contributed by atoms with Gasteiger partial charge in [-0.25, -0.2) is 17.2 Å². The van der Waals surface area contributed by atoms with Gasteiger partial charge in [0.1, 0.15) is 23.7 Å². The van der Waals surface area contributed by atoms with Crippen LogP contribution in [0.4, 0.5) is 8.78 Å². The molecule has 1 aromatic heterocycles. The first-order chi connectivity index (χ1) is 22.0. The molecule has 5 rings (SSSR count). The molecule has 15 heteroatoms. The zero-order valence-electron chi connectivity index (χ0n) is 24.4. The molecule has 1 saturated heterocycles. The molecule has 2 heterocycles. The van der Waals surface area contributed by atoms with Gasteiger partial charge in [-0.2, -0.15) is 4.72 Å². The zero-order valence-corrected chi connectivity index (χ0v) is 25.2. The Labute approximate surface area is 262 Å². The van der Waals surface area contributed by atoms with Gasteiger partial charge in [0.25, 0.3) is 5.91 Å². The van der Waals surface area contributed by atoms with E-state index in [1.165, 1.54) is 28.8 Å². The Morgan fingerprint density at radius 2 is 1.67 bits per heavy atom. The van der Waals surface area contributed by atoms with E-state index in [2.05, 4.69) is 21.3 Å². The Morgan fingerprint density at radius 3 is 2.33 bits per heavy atom. The third-order valence-electron chi connectivity index (χ3n) is 7.50. The number of nitrogens with one attached hydrogen (secondary N) is 5. The molecular weight excluding hydrogens is 622 g/mol. The minimum absolute atomic E-state index is 0.108. The molecule has 4 aromatic rings. The number of carboxylic acid groups (broad SMARTS) is 1. The summed E-state index contributed by atoms with van der Waals surface area (Å²) in [6.07, 6.45) is 1.17. The predicted octanol–water partition coefficient (Wildman–Crippen LogP) is 1.25. The molecule has 46 heavy (non-hydrogen) atoms. The standard InChI is InChI=1S/C31H32F2N6O6S/c32-24-15-21-27(26(33)22(24)16-37-31-34-12-13-35-31)39(14-11-19-7-3-1-4-8-19)18-23(28(21)40)29(41)36-17-25(30(42)43)38-46(44,45)20-9-5-2-6-10-20/h1-10,15,18,25,31,34-35,37-38H,11-14,16-17H2,(H,36,41)(H,42,43). The summed E-state index contributed by atoms with van der Waals surface area (Å²) in [5.74, 6) is -4.57. The number of rotatable bonds is 13. The van der Waals surface area contributed by atoms with Gasteiger partial charge in [-0.3, -0.25) is 30.3 Å². The number of hydrogen-bond acceptors (Lipinski definition) is 8. The van der Waals surface area contributed by atoms with Gasteiger partial charge < -0.3 is 15.0 Å². The van der Waals surface area contributed by atoms with Crippen molar-refractivity contribution in [3.63, 3.8) is 0 Å². The third-order valence-corrected chi connectivity index (χ3v) is 8.99. The van der Waals surface area contributed by atoms with Crippen LogP contribution in [0.3, 0.4) is 0 Å². The van der Waals surface area contributed by atoms with Gasteiger partial charge in [0.15, 0.2) is 5.82 Å². The molecule has 1 amide bonds. The number of amides is 1. The molecule has 6 N–H and O–H groups in total. The van der Waals surface area contributed by atoms with Crippen molar-refractivity contribution in [3.05, 3.63) is 111 Å². The Hall–Kier alpha value is -4.54. The predicted molar refractivity (Wildman–Crippen MR) is 165 cm³/mol. The summed E-state index contributed by atoms with van der Waals surface area (Å²) in [7, 11) is -4.26. The maximum atomic E-state index is 16.0. The maximum absolute atomic E-state index is 16.0. The van der Waals surface area contributed by atoms with E-state index in [9.17, 15) is 27.9 Å². The van der Waals surface area contributed by atoms with Crippen LogP contribution in [0.1, 0.15) is 21.5 Å². The number of aromatic nitrogens is 1. The maximum Gasteiger partial charge on any atom is 0.323 e. The minimum atomic E-state index is -4.26. The normalized spacial score (nSPS) is 14.4. The van der Waals surface area contributed by atoms with Crippen LogP contribution >= 0.6 is 0 Å². The summed E-state index contributed by atoms with van der Waals surface area (Å²) in [6.45, 7) is 0.546. The lowest BCUT2D eigenvalue weighted by atomic mass is 10.0. The van der Waals surface area contributed by atoms with E-state index in [-0.39, 0.29) is 40.7 Å². The van der Waals surface area contributed by atoms with E-state index >= 15 is 8.78 Å². The number of hydrogen-bond donors (Lipinski definition) is 6. The SMILES string of the molecule is O=C(NCC(NS(=O)(=O)c1ccccc1)C(=O)O)c1cn(CCc2ccccc2)c2c(F)c(CNC3NCCN3)c(F)cc2c1=O. The highest BCUT2D eigenvalue weighted by Crippen LogP contribution is 2.24. The van der Waals surface area contributed by atoms with Gasteiger partial charge in [-0.1, -0.05) is 48.5 Å². The lowest BCUT2D eigenvalue weighted by Gasteiger charge is -2.19. The van der Waals surface area contributed by atoms with Crippen LogP contribution < -0.4 is 31.4 Å². The first-order valence-corrected chi connectivity index (χ1v) is 15.9. The van der Waals surface area contributed by atoms with Crippen molar-refractivity contribution in [1.29, 1.82) is 0 Å². The number of carboxylic acids is 1. The summed E-state index contributed by atoms with van der Waals surface area (Å²) in [5.41, 5.74) is -1.07. The highest BCUT2D eigenvalue weighted by atomic mass is 32.2. The number of halogens is 2. The molecule has 242 valence electrons. The average Bonchev–Trinajstić information content (AvgIpc) is 3.57. The van der Waals surface area contributed by atoms with E-state index in [4.69, 9.17) is 0 Å². The van der Waals surface area contributed by atoms with Crippen LogP contribution in [0, 0.1) is 11.6 Å². The molecule has 1 aliphatic rings. The lowest BCUT2D eigenvalue weighted by molar-refractivity contribution is -0.138. The monoisotopic (exact) mass is 654 g/mol. The van der Waals surface area contributed by atoms with Crippen molar-refractivity contribution in [2.75, 3.05) is 19.6 Å². The van der Waals surface area contributed by atoms with Crippen molar-refractivity contribution < 1.29 is 31.9 Å². The number of pyridine rings is 1. The molecule has 0 saturated carbocycles.